The third-order valence-electron chi connectivity index (χ3n) is 5.06. The zero-order chi connectivity index (χ0) is 21.0. The lowest BCUT2D eigenvalue weighted by Gasteiger charge is -2.25. The first kappa shape index (κ1) is 21.0. The second kappa shape index (κ2) is 9.21. The van der Waals surface area contributed by atoms with Gasteiger partial charge in [-0.25, -0.2) is 0 Å². The highest BCUT2D eigenvalue weighted by molar-refractivity contribution is 5.78. The molecular weight excluding hydrogens is 366 g/mol. The van der Waals surface area contributed by atoms with Crippen molar-refractivity contribution < 1.29 is 19.0 Å². The van der Waals surface area contributed by atoms with E-state index >= 15 is 0 Å². The molecule has 3 rings (SSSR count). The Morgan fingerprint density at radius 1 is 1.03 bits per heavy atom. The Kier molecular flexibility index (Phi) is 6.68. The molecule has 1 aliphatic rings. The van der Waals surface area contributed by atoms with E-state index in [0.29, 0.717) is 19.1 Å². The van der Waals surface area contributed by atoms with Crippen LogP contribution in [0, 0.1) is 12.8 Å². The van der Waals surface area contributed by atoms with E-state index in [1.807, 2.05) is 31.2 Å². The van der Waals surface area contributed by atoms with Crippen LogP contribution in [0.4, 0.5) is 0 Å². The minimum Gasteiger partial charge on any atom is -0.486 e. The second-order valence-electron chi connectivity index (χ2n) is 8.18. The smallest absolute Gasteiger partial charge is 0.258 e. The summed E-state index contributed by atoms with van der Waals surface area (Å²) in [5.41, 5.74) is 3.22. The third kappa shape index (κ3) is 5.22. The van der Waals surface area contributed by atoms with E-state index in [4.69, 9.17) is 14.2 Å². The van der Waals surface area contributed by atoms with Gasteiger partial charge >= 0.3 is 0 Å². The summed E-state index contributed by atoms with van der Waals surface area (Å²) in [6.07, 6.45) is 0. The molecule has 0 saturated carbocycles. The van der Waals surface area contributed by atoms with E-state index in [9.17, 15) is 4.79 Å². The molecule has 1 N–H and O–H groups in total. The van der Waals surface area contributed by atoms with Gasteiger partial charge in [0.15, 0.2) is 18.1 Å². The zero-order valence-electron chi connectivity index (χ0n) is 18.0. The minimum absolute atomic E-state index is 0.0169. The molecule has 0 fully saturated rings. The molecule has 0 aliphatic carbocycles. The lowest BCUT2D eigenvalue weighted by atomic mass is 9.95. The number of amides is 1. The zero-order valence-corrected chi connectivity index (χ0v) is 18.0. The number of rotatable bonds is 7. The summed E-state index contributed by atoms with van der Waals surface area (Å²) in [5.74, 6) is 2.65. The number of benzene rings is 2. The Hall–Kier alpha value is -2.69. The third-order valence-corrected chi connectivity index (χ3v) is 5.06. The summed E-state index contributed by atoms with van der Waals surface area (Å²) in [4.78, 5) is 12.7. The molecule has 1 amide bonds. The Labute approximate surface area is 173 Å². The first-order chi connectivity index (χ1) is 13.8. The summed E-state index contributed by atoms with van der Waals surface area (Å²) < 4.78 is 17.2. The van der Waals surface area contributed by atoms with Gasteiger partial charge in [-0.15, -0.1) is 0 Å². The second-order valence-corrected chi connectivity index (χ2v) is 8.18. The number of carbonyl (C=O) groups is 1. The summed E-state index contributed by atoms with van der Waals surface area (Å²) >= 11 is 0. The maximum atomic E-state index is 12.7. The Morgan fingerprint density at radius 3 is 2.45 bits per heavy atom. The van der Waals surface area contributed by atoms with Gasteiger partial charge in [0, 0.05) is 0 Å². The predicted molar refractivity (Wildman–Crippen MR) is 114 cm³/mol. The number of fused-ring (bicyclic) bond motifs is 1. The number of nitrogens with one attached hydrogen (secondary N) is 1. The monoisotopic (exact) mass is 397 g/mol. The quantitative estimate of drug-likeness (QED) is 0.730. The average molecular weight is 398 g/mol. The molecule has 0 spiro atoms. The van der Waals surface area contributed by atoms with Gasteiger partial charge in [0.1, 0.15) is 19.0 Å². The van der Waals surface area contributed by atoms with E-state index in [1.54, 1.807) is 0 Å². The summed E-state index contributed by atoms with van der Waals surface area (Å²) in [5, 5.41) is 3.11. The molecule has 29 heavy (non-hydrogen) atoms. The number of aryl methyl sites for hydroxylation is 1. The van der Waals surface area contributed by atoms with Gasteiger partial charge in [-0.2, -0.15) is 0 Å². The first-order valence-corrected chi connectivity index (χ1v) is 10.3. The van der Waals surface area contributed by atoms with Crippen molar-refractivity contribution in [2.45, 2.75) is 46.6 Å². The van der Waals surface area contributed by atoms with Crippen LogP contribution in [0.5, 0.6) is 17.2 Å². The van der Waals surface area contributed by atoms with Crippen LogP contribution >= 0.6 is 0 Å². The maximum absolute atomic E-state index is 12.7. The van der Waals surface area contributed by atoms with Crippen LogP contribution < -0.4 is 19.5 Å². The fraction of sp³-hybridized carbons (Fsp3) is 0.458. The van der Waals surface area contributed by atoms with E-state index in [1.165, 1.54) is 0 Å². The molecular formula is C24H31NO4. The van der Waals surface area contributed by atoms with Gasteiger partial charge in [0.05, 0.1) is 6.04 Å². The fourth-order valence-electron chi connectivity index (χ4n) is 3.49. The normalized spacial score (nSPS) is 14.0. The molecule has 1 atom stereocenters. The van der Waals surface area contributed by atoms with E-state index in [0.717, 1.165) is 33.9 Å². The van der Waals surface area contributed by atoms with Crippen molar-refractivity contribution in [1.29, 1.82) is 0 Å². The first-order valence-electron chi connectivity index (χ1n) is 10.3. The molecule has 5 heteroatoms. The number of ether oxygens (including phenoxy) is 3. The van der Waals surface area contributed by atoms with Crippen LogP contribution in [0.1, 0.15) is 56.3 Å². The van der Waals surface area contributed by atoms with Crippen LogP contribution in [-0.2, 0) is 4.79 Å². The summed E-state index contributed by atoms with van der Waals surface area (Å²) in [7, 11) is 0. The predicted octanol–water partition coefficient (Wildman–Crippen LogP) is 4.78. The highest BCUT2D eigenvalue weighted by Gasteiger charge is 2.22. The van der Waals surface area contributed by atoms with Gasteiger partial charge in [-0.3, -0.25) is 4.79 Å². The van der Waals surface area contributed by atoms with Crippen molar-refractivity contribution in [3.8, 4) is 17.2 Å². The SMILES string of the molecule is Cc1ccc(C(C)C)c(OCC(=O)NC(c2ccc3c(c2)OCCO3)C(C)C)c1. The molecule has 0 saturated heterocycles. The highest BCUT2D eigenvalue weighted by Crippen LogP contribution is 2.34. The molecule has 5 nitrogen and oxygen atoms in total. The van der Waals surface area contributed by atoms with E-state index < -0.39 is 0 Å². The standard InChI is InChI=1S/C24H31NO4/c1-15(2)19-8-6-17(5)12-21(19)29-14-23(26)25-24(16(3)4)18-7-9-20-22(13-18)28-11-10-27-20/h6-9,12-13,15-16,24H,10-11,14H2,1-5H3,(H,25,26). The van der Waals surface area contributed by atoms with Crippen molar-refractivity contribution in [2.75, 3.05) is 19.8 Å². The van der Waals surface area contributed by atoms with Gasteiger partial charge < -0.3 is 19.5 Å². The molecule has 0 aromatic heterocycles. The number of hydrogen-bond acceptors (Lipinski definition) is 4. The van der Waals surface area contributed by atoms with E-state index in [2.05, 4.69) is 45.1 Å². The van der Waals surface area contributed by atoms with Gasteiger partial charge in [-0.05, 0) is 53.6 Å². The van der Waals surface area contributed by atoms with Crippen LogP contribution in [0.15, 0.2) is 36.4 Å². The maximum Gasteiger partial charge on any atom is 0.258 e. The fourth-order valence-corrected chi connectivity index (χ4v) is 3.49. The molecule has 1 heterocycles. The van der Waals surface area contributed by atoms with Crippen molar-refractivity contribution in [3.05, 3.63) is 53.1 Å². The van der Waals surface area contributed by atoms with Gasteiger partial charge in [0.2, 0.25) is 0 Å². The Bertz CT molecular complexity index is 860. The summed E-state index contributed by atoms with van der Waals surface area (Å²) in [6.45, 7) is 11.5. The molecule has 1 unspecified atom stereocenters. The lowest BCUT2D eigenvalue weighted by Crippen LogP contribution is -2.35. The van der Waals surface area contributed by atoms with Gasteiger partial charge in [0.25, 0.3) is 5.91 Å². The van der Waals surface area contributed by atoms with Gasteiger partial charge in [-0.1, -0.05) is 45.9 Å². The lowest BCUT2D eigenvalue weighted by molar-refractivity contribution is -0.124. The molecule has 1 aliphatic heterocycles. The van der Waals surface area contributed by atoms with E-state index in [-0.39, 0.29) is 24.5 Å². The largest absolute Gasteiger partial charge is 0.486 e. The molecule has 0 bridgehead atoms. The Morgan fingerprint density at radius 2 is 1.76 bits per heavy atom. The topological polar surface area (TPSA) is 56.8 Å². The minimum atomic E-state index is -0.144. The number of carbonyl (C=O) groups excluding carboxylic acids is 1. The van der Waals surface area contributed by atoms with Crippen LogP contribution in [-0.4, -0.2) is 25.7 Å². The molecule has 2 aromatic carbocycles. The van der Waals surface area contributed by atoms with Crippen molar-refractivity contribution >= 4 is 5.91 Å². The average Bonchev–Trinajstić information content (AvgIpc) is 2.69. The van der Waals surface area contributed by atoms with Crippen LogP contribution in [0.25, 0.3) is 0 Å². The highest BCUT2D eigenvalue weighted by atomic mass is 16.6. The summed E-state index contributed by atoms with van der Waals surface area (Å²) in [6, 6.07) is 11.8. The van der Waals surface area contributed by atoms with Crippen LogP contribution in [0.3, 0.4) is 0 Å². The van der Waals surface area contributed by atoms with Crippen molar-refractivity contribution in [2.24, 2.45) is 5.92 Å². The molecule has 156 valence electrons. The van der Waals surface area contributed by atoms with Crippen LogP contribution in [0.2, 0.25) is 0 Å². The van der Waals surface area contributed by atoms with Crippen molar-refractivity contribution in [3.63, 3.8) is 0 Å². The number of hydrogen-bond donors (Lipinski definition) is 1. The molecule has 2 aromatic rings. The van der Waals surface area contributed by atoms with Crippen molar-refractivity contribution in [1.82, 2.24) is 5.32 Å². The molecule has 0 radical (unpaired) electrons. The Balaban J connectivity index is 1.69.